The molecule has 2 aromatic carbocycles. The highest BCUT2D eigenvalue weighted by atomic mass is 35.5. The Hall–Kier alpha value is -2.13. The molecule has 186 valence electrons. The molecule has 0 saturated carbocycles. The van der Waals surface area contributed by atoms with E-state index in [2.05, 4.69) is 5.32 Å². The largest absolute Gasteiger partial charge is 0.350 e. The van der Waals surface area contributed by atoms with E-state index in [0.29, 0.717) is 15.6 Å². The van der Waals surface area contributed by atoms with Gasteiger partial charge in [-0.3, -0.25) is 9.59 Å². The molecule has 0 bridgehead atoms. The maximum Gasteiger partial charge on any atom is 0.243 e. The Balaban J connectivity index is 2.36. The number of carbonyl (C=O) groups is 2. The first kappa shape index (κ1) is 28.1. The van der Waals surface area contributed by atoms with Crippen LogP contribution in [0.5, 0.6) is 0 Å². The van der Waals surface area contributed by atoms with Gasteiger partial charge in [0.05, 0.1) is 11.4 Å². The Morgan fingerprint density at radius 2 is 1.56 bits per heavy atom. The summed E-state index contributed by atoms with van der Waals surface area (Å²) in [5.41, 5.74) is 0.867. The minimum absolute atomic E-state index is 0.0610. The molecule has 1 atom stereocenters. The Labute approximate surface area is 212 Å². The molecule has 0 spiro atoms. The predicted molar refractivity (Wildman–Crippen MR) is 135 cm³/mol. The quantitative estimate of drug-likeness (QED) is 0.555. The Morgan fingerprint density at radius 3 is 2.06 bits per heavy atom. The molecule has 0 aliphatic rings. The lowest BCUT2D eigenvalue weighted by molar-refractivity contribution is -0.141. The number of halogens is 2. The number of hydrogen-bond donors (Lipinski definition) is 1. The maximum atomic E-state index is 13.4. The molecule has 34 heavy (non-hydrogen) atoms. The first-order chi connectivity index (χ1) is 15.6. The van der Waals surface area contributed by atoms with E-state index in [1.54, 1.807) is 37.3 Å². The summed E-state index contributed by atoms with van der Waals surface area (Å²) in [6.45, 7) is 8.40. The van der Waals surface area contributed by atoms with Crippen molar-refractivity contribution in [3.8, 4) is 0 Å². The lowest BCUT2D eigenvalue weighted by Gasteiger charge is -2.32. The molecule has 0 radical (unpaired) electrons. The van der Waals surface area contributed by atoms with Crippen LogP contribution in [0.1, 0.15) is 38.8 Å². The number of nitrogens with zero attached hydrogens (tertiary/aromatic N) is 2. The van der Waals surface area contributed by atoms with Crippen molar-refractivity contribution in [1.29, 1.82) is 0 Å². The van der Waals surface area contributed by atoms with E-state index >= 15 is 0 Å². The number of benzene rings is 2. The second-order valence-electron chi connectivity index (χ2n) is 9.21. The molecule has 2 aromatic rings. The van der Waals surface area contributed by atoms with Crippen LogP contribution in [0.15, 0.2) is 47.4 Å². The standard InChI is InChI=1S/C24H31Cl2N3O4S/c1-16-10-12-18(13-11-16)34(32,33)28(6)15-22(30)29(17(2)23(31)27-24(3,4)5)14-19-20(25)8-7-9-21(19)26/h7-13,17H,14-15H2,1-6H3,(H,27,31)/t17-/m1/s1. The van der Waals surface area contributed by atoms with Crippen LogP contribution in [0.25, 0.3) is 0 Å². The number of amides is 2. The Kier molecular flexibility index (Phi) is 9.16. The van der Waals surface area contributed by atoms with Crippen LogP contribution < -0.4 is 5.32 Å². The third kappa shape index (κ3) is 7.18. The average molecular weight is 529 g/mol. The van der Waals surface area contributed by atoms with Crippen molar-refractivity contribution in [2.45, 2.75) is 57.6 Å². The van der Waals surface area contributed by atoms with Crippen LogP contribution in [0.2, 0.25) is 10.0 Å². The van der Waals surface area contributed by atoms with Gasteiger partial charge in [0.15, 0.2) is 0 Å². The SMILES string of the molecule is Cc1ccc(S(=O)(=O)N(C)CC(=O)N(Cc2c(Cl)cccc2Cl)[C@H](C)C(=O)NC(C)(C)C)cc1. The Morgan fingerprint density at radius 1 is 1.03 bits per heavy atom. The van der Waals surface area contributed by atoms with Gasteiger partial charge in [-0.25, -0.2) is 8.42 Å². The smallest absolute Gasteiger partial charge is 0.243 e. The highest BCUT2D eigenvalue weighted by Crippen LogP contribution is 2.27. The van der Waals surface area contributed by atoms with Gasteiger partial charge in [-0.1, -0.05) is 47.0 Å². The van der Waals surface area contributed by atoms with Crippen LogP contribution in [0.4, 0.5) is 0 Å². The lowest BCUT2D eigenvalue weighted by atomic mass is 10.1. The summed E-state index contributed by atoms with van der Waals surface area (Å²) in [5, 5.41) is 3.54. The van der Waals surface area contributed by atoms with Crippen LogP contribution in [-0.4, -0.2) is 54.6 Å². The topological polar surface area (TPSA) is 86.8 Å². The summed E-state index contributed by atoms with van der Waals surface area (Å²) in [4.78, 5) is 27.6. The molecule has 0 unspecified atom stereocenters. The molecule has 2 rings (SSSR count). The molecule has 0 aliphatic heterocycles. The van der Waals surface area contributed by atoms with E-state index in [9.17, 15) is 18.0 Å². The van der Waals surface area contributed by atoms with Crippen molar-refractivity contribution in [2.75, 3.05) is 13.6 Å². The predicted octanol–water partition coefficient (Wildman–Crippen LogP) is 4.25. The molecule has 0 fully saturated rings. The van der Waals surface area contributed by atoms with Gasteiger partial charge in [-0.2, -0.15) is 4.31 Å². The van der Waals surface area contributed by atoms with Gasteiger partial charge in [-0.05, 0) is 58.9 Å². The zero-order chi connectivity index (χ0) is 25.8. The van der Waals surface area contributed by atoms with Crippen LogP contribution in [-0.2, 0) is 26.2 Å². The highest BCUT2D eigenvalue weighted by Gasteiger charge is 2.32. The van der Waals surface area contributed by atoms with E-state index in [0.717, 1.165) is 9.87 Å². The van der Waals surface area contributed by atoms with E-state index in [4.69, 9.17) is 23.2 Å². The molecule has 1 N–H and O–H groups in total. The number of hydrogen-bond acceptors (Lipinski definition) is 4. The van der Waals surface area contributed by atoms with Crippen molar-refractivity contribution in [1.82, 2.24) is 14.5 Å². The van der Waals surface area contributed by atoms with Crippen molar-refractivity contribution in [3.63, 3.8) is 0 Å². The van der Waals surface area contributed by atoms with Crippen LogP contribution in [0, 0.1) is 6.92 Å². The molecule has 0 heterocycles. The number of rotatable bonds is 8. The van der Waals surface area contributed by atoms with Crippen molar-refractivity contribution >= 4 is 45.0 Å². The fourth-order valence-corrected chi connectivity index (χ4v) is 4.80. The van der Waals surface area contributed by atoms with Gasteiger partial charge in [0.2, 0.25) is 21.8 Å². The zero-order valence-electron chi connectivity index (χ0n) is 20.2. The van der Waals surface area contributed by atoms with Crippen LogP contribution >= 0.6 is 23.2 Å². The summed E-state index contributed by atoms with van der Waals surface area (Å²) in [7, 11) is -2.59. The molecule has 2 amide bonds. The van der Waals surface area contributed by atoms with Crippen molar-refractivity contribution in [3.05, 3.63) is 63.6 Å². The average Bonchev–Trinajstić information content (AvgIpc) is 2.72. The number of nitrogens with one attached hydrogen (secondary N) is 1. The van der Waals surface area contributed by atoms with E-state index in [1.165, 1.54) is 24.1 Å². The highest BCUT2D eigenvalue weighted by molar-refractivity contribution is 7.89. The summed E-state index contributed by atoms with van der Waals surface area (Å²) in [6, 6.07) is 10.4. The zero-order valence-corrected chi connectivity index (χ0v) is 22.6. The van der Waals surface area contributed by atoms with Gasteiger partial charge in [-0.15, -0.1) is 0 Å². The molecule has 0 saturated heterocycles. The number of aryl methyl sites for hydroxylation is 1. The van der Waals surface area contributed by atoms with Crippen molar-refractivity contribution < 1.29 is 18.0 Å². The third-order valence-corrected chi connectivity index (χ3v) is 7.67. The maximum absolute atomic E-state index is 13.4. The fourth-order valence-electron chi connectivity index (χ4n) is 3.17. The van der Waals surface area contributed by atoms with Gasteiger partial charge in [0.25, 0.3) is 0 Å². The second kappa shape index (κ2) is 11.1. The van der Waals surface area contributed by atoms with E-state index < -0.39 is 34.1 Å². The first-order valence-electron chi connectivity index (χ1n) is 10.7. The first-order valence-corrected chi connectivity index (χ1v) is 12.9. The summed E-state index contributed by atoms with van der Waals surface area (Å²) < 4.78 is 27.0. The monoisotopic (exact) mass is 527 g/mol. The van der Waals surface area contributed by atoms with E-state index in [1.807, 2.05) is 27.7 Å². The molecule has 10 heteroatoms. The fraction of sp³-hybridized carbons (Fsp3) is 0.417. The summed E-state index contributed by atoms with van der Waals surface area (Å²) >= 11 is 12.6. The normalized spacial score (nSPS) is 13.0. The number of likely N-dealkylation sites (N-methyl/N-ethyl adjacent to an activating group) is 1. The molecule has 7 nitrogen and oxygen atoms in total. The Bertz CT molecular complexity index is 1130. The van der Waals surface area contributed by atoms with Gasteiger partial charge in [0.1, 0.15) is 6.04 Å². The van der Waals surface area contributed by atoms with Gasteiger partial charge < -0.3 is 10.2 Å². The molecule has 0 aromatic heterocycles. The number of sulfonamides is 1. The summed E-state index contributed by atoms with van der Waals surface area (Å²) in [6.07, 6.45) is 0. The molecular weight excluding hydrogens is 497 g/mol. The minimum Gasteiger partial charge on any atom is -0.350 e. The third-order valence-electron chi connectivity index (χ3n) is 5.14. The van der Waals surface area contributed by atoms with Gasteiger partial charge in [0, 0.05) is 34.7 Å². The van der Waals surface area contributed by atoms with E-state index in [-0.39, 0.29) is 17.3 Å². The molecular formula is C24H31Cl2N3O4S. The lowest BCUT2D eigenvalue weighted by Crippen LogP contribution is -2.54. The van der Waals surface area contributed by atoms with Gasteiger partial charge >= 0.3 is 0 Å². The van der Waals surface area contributed by atoms with Crippen LogP contribution in [0.3, 0.4) is 0 Å². The molecule has 0 aliphatic carbocycles. The van der Waals surface area contributed by atoms with Crippen molar-refractivity contribution in [2.24, 2.45) is 0 Å². The second-order valence-corrected chi connectivity index (χ2v) is 12.1. The number of carbonyl (C=O) groups excluding carboxylic acids is 2. The minimum atomic E-state index is -3.92. The summed E-state index contributed by atoms with van der Waals surface area (Å²) in [5.74, 6) is -0.946.